The molecule has 0 aromatic heterocycles. The molecule has 0 unspecified atom stereocenters. The van der Waals surface area contributed by atoms with Gasteiger partial charge in [-0.25, -0.2) is 4.79 Å². The number of hydrogen-bond acceptors (Lipinski definition) is 2. The zero-order valence-electron chi connectivity index (χ0n) is 11.3. The van der Waals surface area contributed by atoms with Gasteiger partial charge >= 0.3 is 5.97 Å². The Morgan fingerprint density at radius 3 is 2.41 bits per heavy atom. The molecule has 0 heterocycles. The van der Waals surface area contributed by atoms with Crippen LogP contribution >= 0.6 is 0 Å². The quantitative estimate of drug-likeness (QED) is 0.431. The van der Waals surface area contributed by atoms with Gasteiger partial charge in [0.1, 0.15) is 0 Å². The summed E-state index contributed by atoms with van der Waals surface area (Å²) in [5, 5.41) is 12.2. The minimum atomic E-state index is -0.785. The van der Waals surface area contributed by atoms with Crippen molar-refractivity contribution in [1.29, 1.82) is 0 Å². The normalized spacial score (nSPS) is 11.8. The minimum Gasteiger partial charge on any atom is -0.478 e. The lowest BCUT2D eigenvalue weighted by atomic mass is 10.1. The van der Waals surface area contributed by atoms with E-state index in [9.17, 15) is 4.79 Å². The number of carboxylic acids is 1. The summed E-state index contributed by atoms with van der Waals surface area (Å²) in [6, 6.07) is 0. The van der Waals surface area contributed by atoms with Gasteiger partial charge in [-0.1, -0.05) is 45.6 Å². The number of rotatable bonds is 11. The van der Waals surface area contributed by atoms with Crippen LogP contribution in [0.5, 0.6) is 0 Å². The van der Waals surface area contributed by atoms with E-state index in [0.29, 0.717) is 12.0 Å². The van der Waals surface area contributed by atoms with E-state index in [1.54, 1.807) is 0 Å². The SMILES string of the molecule is CCCCCCCNCCC=C(CC)C(=O)O. The van der Waals surface area contributed by atoms with Gasteiger partial charge in [0.2, 0.25) is 0 Å². The van der Waals surface area contributed by atoms with Gasteiger partial charge in [-0.15, -0.1) is 0 Å². The standard InChI is InChI=1S/C14H27NO2/c1-3-5-6-7-8-11-15-12-9-10-13(4-2)14(16)17/h10,15H,3-9,11-12H2,1-2H3,(H,16,17). The van der Waals surface area contributed by atoms with E-state index in [2.05, 4.69) is 12.2 Å². The second-order valence-corrected chi connectivity index (χ2v) is 4.34. The predicted octanol–water partition coefficient (Wildman–Crippen LogP) is 3.36. The number of hydrogen-bond donors (Lipinski definition) is 2. The molecule has 2 N–H and O–H groups in total. The smallest absolute Gasteiger partial charge is 0.331 e. The molecule has 0 radical (unpaired) electrons. The summed E-state index contributed by atoms with van der Waals surface area (Å²) in [6.07, 6.45) is 9.71. The number of aliphatic carboxylic acids is 1. The highest BCUT2D eigenvalue weighted by Crippen LogP contribution is 2.02. The van der Waals surface area contributed by atoms with E-state index in [1.807, 2.05) is 13.0 Å². The average Bonchev–Trinajstić information content (AvgIpc) is 2.31. The van der Waals surface area contributed by atoms with Crippen molar-refractivity contribution in [3.8, 4) is 0 Å². The summed E-state index contributed by atoms with van der Waals surface area (Å²) >= 11 is 0. The Bertz CT molecular complexity index is 224. The van der Waals surface area contributed by atoms with Gasteiger partial charge in [-0.3, -0.25) is 0 Å². The summed E-state index contributed by atoms with van der Waals surface area (Å²) < 4.78 is 0. The molecule has 0 saturated heterocycles. The van der Waals surface area contributed by atoms with Gasteiger partial charge < -0.3 is 10.4 Å². The molecule has 0 aromatic rings. The highest BCUT2D eigenvalue weighted by atomic mass is 16.4. The van der Waals surface area contributed by atoms with Crippen LogP contribution in [0.15, 0.2) is 11.6 Å². The maximum Gasteiger partial charge on any atom is 0.331 e. The summed E-state index contributed by atoms with van der Waals surface area (Å²) in [5.41, 5.74) is 0.523. The first-order valence-electron chi connectivity index (χ1n) is 6.85. The Labute approximate surface area is 105 Å². The molecule has 0 aliphatic carbocycles. The molecule has 0 amide bonds. The van der Waals surface area contributed by atoms with Crippen molar-refractivity contribution in [3.63, 3.8) is 0 Å². The van der Waals surface area contributed by atoms with Crippen LogP contribution in [0, 0.1) is 0 Å². The third-order valence-corrected chi connectivity index (χ3v) is 2.82. The first-order valence-corrected chi connectivity index (χ1v) is 6.85. The van der Waals surface area contributed by atoms with Crippen LogP contribution in [0.4, 0.5) is 0 Å². The van der Waals surface area contributed by atoms with E-state index in [4.69, 9.17) is 5.11 Å². The van der Waals surface area contributed by atoms with Crippen molar-refractivity contribution in [3.05, 3.63) is 11.6 Å². The largest absolute Gasteiger partial charge is 0.478 e. The van der Waals surface area contributed by atoms with Crippen LogP contribution in [-0.4, -0.2) is 24.2 Å². The summed E-state index contributed by atoms with van der Waals surface area (Å²) in [7, 11) is 0. The lowest BCUT2D eigenvalue weighted by Gasteiger charge is -2.03. The molecular formula is C14H27NO2. The fourth-order valence-corrected chi connectivity index (χ4v) is 1.71. The number of unbranched alkanes of at least 4 members (excludes halogenated alkanes) is 4. The highest BCUT2D eigenvalue weighted by molar-refractivity contribution is 5.86. The lowest BCUT2D eigenvalue weighted by molar-refractivity contribution is -0.132. The molecule has 0 aliphatic heterocycles. The fourth-order valence-electron chi connectivity index (χ4n) is 1.71. The Kier molecular flexibility index (Phi) is 11.1. The molecule has 0 rings (SSSR count). The van der Waals surface area contributed by atoms with Crippen molar-refractivity contribution in [2.75, 3.05) is 13.1 Å². The Morgan fingerprint density at radius 2 is 1.82 bits per heavy atom. The van der Waals surface area contributed by atoms with Gasteiger partial charge in [-0.2, -0.15) is 0 Å². The van der Waals surface area contributed by atoms with Crippen LogP contribution in [0.3, 0.4) is 0 Å². The van der Waals surface area contributed by atoms with Crippen molar-refractivity contribution in [1.82, 2.24) is 5.32 Å². The molecule has 3 nitrogen and oxygen atoms in total. The summed E-state index contributed by atoms with van der Waals surface area (Å²) in [6.45, 7) is 6.02. The van der Waals surface area contributed by atoms with E-state index in [1.165, 1.54) is 32.1 Å². The Hall–Kier alpha value is -0.830. The van der Waals surface area contributed by atoms with Gasteiger partial charge in [0.15, 0.2) is 0 Å². The van der Waals surface area contributed by atoms with Gasteiger partial charge in [-0.05, 0) is 32.4 Å². The van der Waals surface area contributed by atoms with Crippen molar-refractivity contribution >= 4 is 5.97 Å². The maximum absolute atomic E-state index is 10.7. The first-order chi connectivity index (χ1) is 8.22. The van der Waals surface area contributed by atoms with Crippen LogP contribution in [0.1, 0.15) is 58.8 Å². The van der Waals surface area contributed by atoms with Crippen molar-refractivity contribution in [2.45, 2.75) is 58.8 Å². The van der Waals surface area contributed by atoms with E-state index >= 15 is 0 Å². The van der Waals surface area contributed by atoms with Gasteiger partial charge in [0.25, 0.3) is 0 Å². The second kappa shape index (κ2) is 11.6. The molecule has 0 saturated carbocycles. The third-order valence-electron chi connectivity index (χ3n) is 2.82. The molecule has 3 heteroatoms. The molecule has 0 aliphatic rings. The minimum absolute atomic E-state index is 0.523. The topological polar surface area (TPSA) is 49.3 Å². The molecule has 17 heavy (non-hydrogen) atoms. The lowest BCUT2D eigenvalue weighted by Crippen LogP contribution is -2.16. The molecule has 0 bridgehead atoms. The third kappa shape index (κ3) is 10.1. The average molecular weight is 241 g/mol. The fraction of sp³-hybridized carbons (Fsp3) is 0.786. The Balaban J connectivity index is 3.36. The Morgan fingerprint density at radius 1 is 1.12 bits per heavy atom. The number of carboxylic acid groups (broad SMARTS) is 1. The zero-order valence-corrected chi connectivity index (χ0v) is 11.3. The van der Waals surface area contributed by atoms with Gasteiger partial charge in [0, 0.05) is 5.57 Å². The molecule has 100 valence electrons. The van der Waals surface area contributed by atoms with Crippen LogP contribution < -0.4 is 5.32 Å². The van der Waals surface area contributed by atoms with Crippen LogP contribution in [-0.2, 0) is 4.79 Å². The maximum atomic E-state index is 10.7. The molecule has 0 aromatic carbocycles. The van der Waals surface area contributed by atoms with E-state index in [0.717, 1.165) is 19.5 Å². The second-order valence-electron chi connectivity index (χ2n) is 4.34. The first kappa shape index (κ1) is 16.2. The van der Waals surface area contributed by atoms with Crippen LogP contribution in [0.25, 0.3) is 0 Å². The monoisotopic (exact) mass is 241 g/mol. The van der Waals surface area contributed by atoms with Crippen LogP contribution in [0.2, 0.25) is 0 Å². The molecule has 0 atom stereocenters. The zero-order chi connectivity index (χ0) is 12.9. The van der Waals surface area contributed by atoms with E-state index < -0.39 is 5.97 Å². The number of nitrogens with one attached hydrogen (secondary N) is 1. The van der Waals surface area contributed by atoms with Crippen molar-refractivity contribution < 1.29 is 9.90 Å². The molecule has 0 spiro atoms. The molecular weight excluding hydrogens is 214 g/mol. The van der Waals surface area contributed by atoms with Crippen molar-refractivity contribution in [2.24, 2.45) is 0 Å². The summed E-state index contributed by atoms with van der Waals surface area (Å²) in [4.78, 5) is 10.7. The number of carbonyl (C=O) groups is 1. The molecule has 0 fully saturated rings. The highest BCUT2D eigenvalue weighted by Gasteiger charge is 2.02. The van der Waals surface area contributed by atoms with E-state index in [-0.39, 0.29) is 0 Å². The van der Waals surface area contributed by atoms with Gasteiger partial charge in [0.05, 0.1) is 0 Å². The summed E-state index contributed by atoms with van der Waals surface area (Å²) in [5.74, 6) is -0.785. The predicted molar refractivity (Wildman–Crippen MR) is 72.3 cm³/mol.